The molecule has 1 aromatic rings. The standard InChI is InChI=1S/C17H24ClNO/c18-13-5-4-8-17(20)19-16-11-9-15(10-12-16)14-6-2-1-3-7-14/h1-3,6-7,15-16H,4-5,8-13H2,(H,19,20). The van der Waals surface area contributed by atoms with E-state index in [0.717, 1.165) is 25.7 Å². The number of hydrogen-bond acceptors (Lipinski definition) is 1. The largest absolute Gasteiger partial charge is 0.353 e. The average Bonchev–Trinajstić information content (AvgIpc) is 2.49. The van der Waals surface area contributed by atoms with Crippen molar-refractivity contribution in [1.29, 1.82) is 0 Å². The first-order valence-corrected chi connectivity index (χ1v) is 8.23. The van der Waals surface area contributed by atoms with E-state index in [2.05, 4.69) is 35.6 Å². The number of rotatable bonds is 6. The molecule has 3 heteroatoms. The molecular weight excluding hydrogens is 270 g/mol. The first-order valence-electron chi connectivity index (χ1n) is 7.70. The molecule has 0 aliphatic heterocycles. The highest BCUT2D eigenvalue weighted by Crippen LogP contribution is 2.32. The zero-order chi connectivity index (χ0) is 14.2. The third-order valence-electron chi connectivity index (χ3n) is 4.15. The number of alkyl halides is 1. The quantitative estimate of drug-likeness (QED) is 0.617. The van der Waals surface area contributed by atoms with Crippen molar-refractivity contribution in [1.82, 2.24) is 5.32 Å². The number of unbranched alkanes of at least 4 members (excludes halogenated alkanes) is 1. The van der Waals surface area contributed by atoms with Crippen LogP contribution in [0.1, 0.15) is 56.4 Å². The average molecular weight is 294 g/mol. The van der Waals surface area contributed by atoms with E-state index in [9.17, 15) is 4.79 Å². The Morgan fingerprint density at radius 2 is 1.80 bits per heavy atom. The Labute approximate surface area is 126 Å². The molecule has 2 nitrogen and oxygen atoms in total. The monoisotopic (exact) mass is 293 g/mol. The van der Waals surface area contributed by atoms with E-state index in [1.165, 1.54) is 18.4 Å². The van der Waals surface area contributed by atoms with Crippen molar-refractivity contribution < 1.29 is 4.79 Å². The summed E-state index contributed by atoms with van der Waals surface area (Å²) in [7, 11) is 0. The minimum Gasteiger partial charge on any atom is -0.353 e. The lowest BCUT2D eigenvalue weighted by molar-refractivity contribution is -0.122. The van der Waals surface area contributed by atoms with Crippen molar-refractivity contribution in [3.63, 3.8) is 0 Å². The Bertz CT molecular complexity index is 399. The second-order valence-corrected chi connectivity index (χ2v) is 6.05. The summed E-state index contributed by atoms with van der Waals surface area (Å²) >= 11 is 5.62. The minimum atomic E-state index is 0.193. The molecule has 0 radical (unpaired) electrons. The summed E-state index contributed by atoms with van der Waals surface area (Å²) in [5, 5.41) is 3.17. The van der Waals surface area contributed by atoms with E-state index in [1.54, 1.807) is 0 Å². The van der Waals surface area contributed by atoms with E-state index in [0.29, 0.717) is 24.3 Å². The highest BCUT2D eigenvalue weighted by atomic mass is 35.5. The number of nitrogens with one attached hydrogen (secondary N) is 1. The van der Waals surface area contributed by atoms with Crippen molar-refractivity contribution in [3.8, 4) is 0 Å². The summed E-state index contributed by atoms with van der Waals surface area (Å²) in [6.07, 6.45) is 6.99. The lowest BCUT2D eigenvalue weighted by Crippen LogP contribution is -2.37. The van der Waals surface area contributed by atoms with Crippen LogP contribution in [0.5, 0.6) is 0 Å². The molecular formula is C17H24ClNO. The second kappa shape index (κ2) is 8.31. The first kappa shape index (κ1) is 15.4. The number of carbonyl (C=O) groups is 1. The summed E-state index contributed by atoms with van der Waals surface area (Å²) in [6, 6.07) is 11.1. The molecule has 0 unspecified atom stereocenters. The van der Waals surface area contributed by atoms with Crippen LogP contribution < -0.4 is 5.32 Å². The molecule has 0 atom stereocenters. The zero-order valence-electron chi connectivity index (χ0n) is 12.0. The fourth-order valence-corrected chi connectivity index (χ4v) is 3.17. The molecule has 110 valence electrons. The van der Waals surface area contributed by atoms with Gasteiger partial charge >= 0.3 is 0 Å². The molecule has 2 rings (SSSR count). The van der Waals surface area contributed by atoms with Crippen LogP contribution in [-0.4, -0.2) is 17.8 Å². The van der Waals surface area contributed by atoms with Crippen LogP contribution in [0, 0.1) is 0 Å². The number of carbonyl (C=O) groups excluding carboxylic acids is 1. The van der Waals surface area contributed by atoms with Gasteiger partial charge in [0.15, 0.2) is 0 Å². The van der Waals surface area contributed by atoms with Crippen molar-refractivity contribution in [2.75, 3.05) is 5.88 Å². The van der Waals surface area contributed by atoms with Gasteiger partial charge in [-0.2, -0.15) is 0 Å². The normalized spacial score (nSPS) is 22.4. The second-order valence-electron chi connectivity index (χ2n) is 5.67. The van der Waals surface area contributed by atoms with E-state index in [4.69, 9.17) is 11.6 Å². The molecule has 20 heavy (non-hydrogen) atoms. The van der Waals surface area contributed by atoms with Gasteiger partial charge in [-0.05, 0) is 50.0 Å². The van der Waals surface area contributed by atoms with Gasteiger partial charge < -0.3 is 5.32 Å². The Hall–Kier alpha value is -1.02. The third kappa shape index (κ3) is 4.82. The van der Waals surface area contributed by atoms with Gasteiger partial charge in [0.1, 0.15) is 0 Å². The molecule has 1 aromatic carbocycles. The molecule has 0 bridgehead atoms. The fraction of sp³-hybridized carbons (Fsp3) is 0.588. The molecule has 1 amide bonds. The van der Waals surface area contributed by atoms with Crippen molar-refractivity contribution in [2.24, 2.45) is 0 Å². The smallest absolute Gasteiger partial charge is 0.220 e. The molecule has 1 fully saturated rings. The van der Waals surface area contributed by atoms with Crippen LogP contribution >= 0.6 is 11.6 Å². The SMILES string of the molecule is O=C(CCCCCl)NC1CCC(c2ccccc2)CC1. The van der Waals surface area contributed by atoms with Gasteiger partial charge in [-0.3, -0.25) is 4.79 Å². The zero-order valence-corrected chi connectivity index (χ0v) is 12.7. The van der Waals surface area contributed by atoms with Gasteiger partial charge in [-0.25, -0.2) is 0 Å². The number of hydrogen-bond donors (Lipinski definition) is 1. The Balaban J connectivity index is 1.70. The minimum absolute atomic E-state index is 0.193. The van der Waals surface area contributed by atoms with Crippen LogP contribution in [0.4, 0.5) is 0 Å². The van der Waals surface area contributed by atoms with Gasteiger partial charge in [-0.1, -0.05) is 30.3 Å². The topological polar surface area (TPSA) is 29.1 Å². The predicted octanol–water partition coefficient (Wildman–Crippen LogP) is 4.24. The lowest BCUT2D eigenvalue weighted by Gasteiger charge is -2.29. The van der Waals surface area contributed by atoms with Gasteiger partial charge in [-0.15, -0.1) is 11.6 Å². The summed E-state index contributed by atoms with van der Waals surface area (Å²) in [5.41, 5.74) is 1.44. The van der Waals surface area contributed by atoms with E-state index in [1.807, 2.05) is 0 Å². The molecule has 0 spiro atoms. The summed E-state index contributed by atoms with van der Waals surface area (Å²) in [6.45, 7) is 0. The van der Waals surface area contributed by atoms with E-state index < -0.39 is 0 Å². The Kier molecular flexibility index (Phi) is 6.38. The molecule has 1 saturated carbocycles. The molecule has 0 heterocycles. The maximum absolute atomic E-state index is 11.8. The lowest BCUT2D eigenvalue weighted by atomic mass is 9.82. The van der Waals surface area contributed by atoms with Gasteiger partial charge in [0.2, 0.25) is 5.91 Å². The van der Waals surface area contributed by atoms with Crippen LogP contribution in [0.15, 0.2) is 30.3 Å². The van der Waals surface area contributed by atoms with E-state index >= 15 is 0 Å². The molecule has 0 aromatic heterocycles. The summed E-state index contributed by atoms with van der Waals surface area (Å²) < 4.78 is 0. The van der Waals surface area contributed by atoms with Gasteiger partial charge in [0.25, 0.3) is 0 Å². The molecule has 0 saturated heterocycles. The summed E-state index contributed by atoms with van der Waals surface area (Å²) in [4.78, 5) is 11.8. The maximum atomic E-state index is 11.8. The first-order chi connectivity index (χ1) is 9.79. The Morgan fingerprint density at radius 1 is 1.10 bits per heavy atom. The predicted molar refractivity (Wildman–Crippen MR) is 84.2 cm³/mol. The van der Waals surface area contributed by atoms with Crippen molar-refractivity contribution in [3.05, 3.63) is 35.9 Å². The highest BCUT2D eigenvalue weighted by Gasteiger charge is 2.23. The molecule has 1 N–H and O–H groups in total. The van der Waals surface area contributed by atoms with Gasteiger partial charge in [0.05, 0.1) is 0 Å². The third-order valence-corrected chi connectivity index (χ3v) is 4.42. The fourth-order valence-electron chi connectivity index (χ4n) is 2.98. The van der Waals surface area contributed by atoms with Crippen LogP contribution in [0.25, 0.3) is 0 Å². The highest BCUT2D eigenvalue weighted by molar-refractivity contribution is 6.17. The van der Waals surface area contributed by atoms with Crippen molar-refractivity contribution in [2.45, 2.75) is 56.9 Å². The molecule has 1 aliphatic carbocycles. The number of halogens is 1. The van der Waals surface area contributed by atoms with E-state index in [-0.39, 0.29) is 5.91 Å². The molecule has 1 aliphatic rings. The number of amides is 1. The van der Waals surface area contributed by atoms with Gasteiger partial charge in [0, 0.05) is 18.3 Å². The Morgan fingerprint density at radius 3 is 2.45 bits per heavy atom. The van der Waals surface area contributed by atoms with Crippen LogP contribution in [0.3, 0.4) is 0 Å². The summed E-state index contributed by atoms with van der Waals surface area (Å²) in [5.74, 6) is 1.51. The van der Waals surface area contributed by atoms with Crippen molar-refractivity contribution >= 4 is 17.5 Å². The number of benzene rings is 1. The van der Waals surface area contributed by atoms with Crippen LogP contribution in [-0.2, 0) is 4.79 Å². The maximum Gasteiger partial charge on any atom is 0.220 e. The van der Waals surface area contributed by atoms with Crippen LogP contribution in [0.2, 0.25) is 0 Å².